The van der Waals surface area contributed by atoms with Gasteiger partial charge in [0.1, 0.15) is 5.75 Å². The Labute approximate surface area is 108 Å². The van der Waals surface area contributed by atoms with Crippen LogP contribution < -0.4 is 10.1 Å². The number of nitrogens with one attached hydrogen (secondary N) is 1. The molecule has 1 saturated heterocycles. The molecule has 0 bridgehead atoms. The number of benzene rings is 1. The highest BCUT2D eigenvalue weighted by molar-refractivity contribution is 6.31. The van der Waals surface area contributed by atoms with Crippen molar-refractivity contribution in [2.24, 2.45) is 0 Å². The van der Waals surface area contributed by atoms with Crippen LogP contribution in [0.2, 0.25) is 5.02 Å². The van der Waals surface area contributed by atoms with E-state index in [4.69, 9.17) is 16.3 Å². The SMILES string of the molecule is COc1ccc(CN2CCNC(C)C2)c(Cl)c1. The van der Waals surface area contributed by atoms with E-state index in [2.05, 4.69) is 17.1 Å². The van der Waals surface area contributed by atoms with Gasteiger partial charge in [-0.15, -0.1) is 0 Å². The van der Waals surface area contributed by atoms with Gasteiger partial charge in [-0.3, -0.25) is 4.90 Å². The molecule has 0 amide bonds. The molecule has 3 nitrogen and oxygen atoms in total. The van der Waals surface area contributed by atoms with Crippen molar-refractivity contribution in [1.82, 2.24) is 10.2 Å². The molecule has 17 heavy (non-hydrogen) atoms. The maximum absolute atomic E-state index is 6.24. The standard InChI is InChI=1S/C13H19ClN2O/c1-10-8-16(6-5-15-10)9-11-3-4-12(17-2)7-13(11)14/h3-4,7,10,15H,5-6,8-9H2,1-2H3. The number of hydrogen-bond donors (Lipinski definition) is 1. The van der Waals surface area contributed by atoms with Gasteiger partial charge in [0.25, 0.3) is 0 Å². The molecule has 1 N–H and O–H groups in total. The van der Waals surface area contributed by atoms with Crippen LogP contribution in [0.5, 0.6) is 5.75 Å². The van der Waals surface area contributed by atoms with Crippen LogP contribution in [0, 0.1) is 0 Å². The van der Waals surface area contributed by atoms with Gasteiger partial charge in [-0.1, -0.05) is 17.7 Å². The van der Waals surface area contributed by atoms with Gasteiger partial charge in [-0.25, -0.2) is 0 Å². The van der Waals surface area contributed by atoms with Crippen LogP contribution in [-0.2, 0) is 6.54 Å². The zero-order valence-corrected chi connectivity index (χ0v) is 11.1. The topological polar surface area (TPSA) is 24.5 Å². The van der Waals surface area contributed by atoms with E-state index in [1.165, 1.54) is 5.56 Å². The molecular weight excluding hydrogens is 236 g/mol. The summed E-state index contributed by atoms with van der Waals surface area (Å²) in [4.78, 5) is 2.43. The molecule has 1 aliphatic heterocycles. The molecule has 0 aromatic heterocycles. The van der Waals surface area contributed by atoms with Gasteiger partial charge in [-0.05, 0) is 24.6 Å². The molecule has 1 unspecified atom stereocenters. The van der Waals surface area contributed by atoms with Crippen LogP contribution in [0.15, 0.2) is 18.2 Å². The van der Waals surface area contributed by atoms with Crippen LogP contribution >= 0.6 is 11.6 Å². The summed E-state index contributed by atoms with van der Waals surface area (Å²) in [5.41, 5.74) is 1.17. The fourth-order valence-corrected chi connectivity index (χ4v) is 2.41. The van der Waals surface area contributed by atoms with Crippen LogP contribution in [0.3, 0.4) is 0 Å². The lowest BCUT2D eigenvalue weighted by Crippen LogP contribution is -2.48. The van der Waals surface area contributed by atoms with E-state index in [9.17, 15) is 0 Å². The van der Waals surface area contributed by atoms with Crippen molar-refractivity contribution < 1.29 is 4.74 Å². The van der Waals surface area contributed by atoms with Gasteiger partial charge < -0.3 is 10.1 Å². The average molecular weight is 255 g/mol. The minimum Gasteiger partial charge on any atom is -0.497 e. The maximum atomic E-state index is 6.24. The molecule has 2 rings (SSSR count). The van der Waals surface area contributed by atoms with E-state index in [1.54, 1.807) is 7.11 Å². The fourth-order valence-electron chi connectivity index (χ4n) is 2.18. The number of hydrogen-bond acceptors (Lipinski definition) is 3. The van der Waals surface area contributed by atoms with Gasteiger partial charge in [-0.2, -0.15) is 0 Å². The summed E-state index contributed by atoms with van der Waals surface area (Å²) in [5, 5.41) is 4.22. The minimum absolute atomic E-state index is 0.556. The summed E-state index contributed by atoms with van der Waals surface area (Å²) in [6, 6.07) is 6.45. The molecule has 94 valence electrons. The van der Waals surface area contributed by atoms with Crippen molar-refractivity contribution in [3.05, 3.63) is 28.8 Å². The molecule has 4 heteroatoms. The molecule has 1 aliphatic rings. The van der Waals surface area contributed by atoms with E-state index in [0.717, 1.165) is 37.0 Å². The Balaban J connectivity index is 2.02. The van der Waals surface area contributed by atoms with Crippen molar-refractivity contribution in [3.8, 4) is 5.75 Å². The summed E-state index contributed by atoms with van der Waals surface area (Å²) in [5.74, 6) is 0.812. The highest BCUT2D eigenvalue weighted by Crippen LogP contribution is 2.23. The van der Waals surface area contributed by atoms with E-state index in [1.807, 2.05) is 18.2 Å². The van der Waals surface area contributed by atoms with Gasteiger partial charge in [0.05, 0.1) is 7.11 Å². The molecule has 1 atom stereocenters. The third-order valence-electron chi connectivity index (χ3n) is 3.11. The summed E-state index contributed by atoms with van der Waals surface area (Å²) in [7, 11) is 1.66. The van der Waals surface area contributed by atoms with Crippen LogP contribution in [-0.4, -0.2) is 37.7 Å². The lowest BCUT2D eigenvalue weighted by molar-refractivity contribution is 0.199. The highest BCUT2D eigenvalue weighted by atomic mass is 35.5. The summed E-state index contributed by atoms with van der Waals surface area (Å²) < 4.78 is 5.15. The predicted octanol–water partition coefficient (Wildman–Crippen LogP) is 2.14. The molecule has 1 heterocycles. The first-order valence-corrected chi connectivity index (χ1v) is 6.35. The van der Waals surface area contributed by atoms with Crippen molar-refractivity contribution in [2.45, 2.75) is 19.5 Å². The Morgan fingerprint density at radius 3 is 3.00 bits per heavy atom. The van der Waals surface area contributed by atoms with Crippen LogP contribution in [0.1, 0.15) is 12.5 Å². The van der Waals surface area contributed by atoms with Crippen molar-refractivity contribution >= 4 is 11.6 Å². The lowest BCUT2D eigenvalue weighted by atomic mass is 10.1. The second-order valence-electron chi connectivity index (χ2n) is 4.55. The molecule has 0 radical (unpaired) electrons. The number of piperazine rings is 1. The Morgan fingerprint density at radius 1 is 1.53 bits per heavy atom. The molecular formula is C13H19ClN2O. The molecule has 1 fully saturated rings. The minimum atomic E-state index is 0.556. The first-order valence-electron chi connectivity index (χ1n) is 5.97. The Bertz CT molecular complexity index is 384. The molecule has 0 aliphatic carbocycles. The zero-order chi connectivity index (χ0) is 12.3. The monoisotopic (exact) mass is 254 g/mol. The van der Waals surface area contributed by atoms with E-state index >= 15 is 0 Å². The normalized spacial score (nSPS) is 21.5. The lowest BCUT2D eigenvalue weighted by Gasteiger charge is -2.32. The van der Waals surface area contributed by atoms with E-state index in [0.29, 0.717) is 6.04 Å². The number of nitrogens with zero attached hydrogens (tertiary/aromatic N) is 1. The quantitative estimate of drug-likeness (QED) is 0.895. The average Bonchev–Trinajstić information content (AvgIpc) is 2.32. The summed E-state index contributed by atoms with van der Waals surface area (Å²) in [6.45, 7) is 6.32. The number of rotatable bonds is 3. The molecule has 0 saturated carbocycles. The highest BCUT2D eigenvalue weighted by Gasteiger charge is 2.16. The third-order valence-corrected chi connectivity index (χ3v) is 3.46. The summed E-state index contributed by atoms with van der Waals surface area (Å²) >= 11 is 6.24. The van der Waals surface area contributed by atoms with Gasteiger partial charge in [0.2, 0.25) is 0 Å². The third kappa shape index (κ3) is 3.35. The van der Waals surface area contributed by atoms with E-state index < -0.39 is 0 Å². The molecule has 0 spiro atoms. The smallest absolute Gasteiger partial charge is 0.120 e. The fraction of sp³-hybridized carbons (Fsp3) is 0.538. The van der Waals surface area contributed by atoms with Crippen molar-refractivity contribution in [1.29, 1.82) is 0 Å². The van der Waals surface area contributed by atoms with Crippen molar-refractivity contribution in [2.75, 3.05) is 26.7 Å². The second-order valence-corrected chi connectivity index (χ2v) is 4.95. The van der Waals surface area contributed by atoms with Crippen molar-refractivity contribution in [3.63, 3.8) is 0 Å². The van der Waals surface area contributed by atoms with Gasteiger partial charge in [0.15, 0.2) is 0 Å². The van der Waals surface area contributed by atoms with Gasteiger partial charge in [0, 0.05) is 37.2 Å². The van der Waals surface area contributed by atoms with E-state index in [-0.39, 0.29) is 0 Å². The van der Waals surface area contributed by atoms with Crippen LogP contribution in [0.25, 0.3) is 0 Å². The molecule has 1 aromatic carbocycles. The Kier molecular flexibility index (Phi) is 4.26. The number of ether oxygens (including phenoxy) is 1. The largest absolute Gasteiger partial charge is 0.497 e. The maximum Gasteiger partial charge on any atom is 0.120 e. The number of methoxy groups -OCH3 is 1. The zero-order valence-electron chi connectivity index (χ0n) is 10.4. The number of halogens is 1. The predicted molar refractivity (Wildman–Crippen MR) is 70.7 cm³/mol. The first-order chi connectivity index (χ1) is 8.19. The Hall–Kier alpha value is -0.770. The van der Waals surface area contributed by atoms with Gasteiger partial charge >= 0.3 is 0 Å². The summed E-state index contributed by atoms with van der Waals surface area (Å²) in [6.07, 6.45) is 0. The van der Waals surface area contributed by atoms with Crippen LogP contribution in [0.4, 0.5) is 0 Å². The first kappa shape index (κ1) is 12.7. The second kappa shape index (κ2) is 5.71. The molecule has 1 aromatic rings. The Morgan fingerprint density at radius 2 is 2.35 bits per heavy atom.